The van der Waals surface area contributed by atoms with Crippen molar-refractivity contribution in [2.75, 3.05) is 24.9 Å². The quantitative estimate of drug-likeness (QED) is 0.635. The molecule has 2 N–H and O–H groups in total. The van der Waals surface area contributed by atoms with Crippen LogP contribution in [-0.2, 0) is 4.74 Å². The second-order valence-corrected chi connectivity index (χ2v) is 5.58. The van der Waals surface area contributed by atoms with E-state index in [0.717, 1.165) is 0 Å². The predicted molar refractivity (Wildman–Crippen MR) is 104 cm³/mol. The second kappa shape index (κ2) is 8.63. The standard InChI is InChI=1S/C20H18N4O4/c1-27-17-10-6-5-9-15(17)22-18(25)16-11-12-21-20(24-16)23-14-8-4-3-7-13(14)19(26)28-2/h3-12H,1-2H3,(H,22,25)(H,21,23,24). The molecule has 1 amide bonds. The normalized spacial score (nSPS) is 10.1. The van der Waals surface area contributed by atoms with Gasteiger partial charge in [-0.2, -0.15) is 0 Å². The van der Waals surface area contributed by atoms with Crippen LogP contribution in [0.4, 0.5) is 17.3 Å². The first kappa shape index (κ1) is 18.8. The maximum Gasteiger partial charge on any atom is 0.339 e. The lowest BCUT2D eigenvalue weighted by Crippen LogP contribution is -2.15. The van der Waals surface area contributed by atoms with Crippen molar-refractivity contribution in [3.05, 3.63) is 72.1 Å². The Morgan fingerprint density at radius 2 is 1.64 bits per heavy atom. The number of amides is 1. The van der Waals surface area contributed by atoms with Crippen LogP contribution in [0, 0.1) is 0 Å². The van der Waals surface area contributed by atoms with Crippen LogP contribution in [0.1, 0.15) is 20.8 Å². The smallest absolute Gasteiger partial charge is 0.339 e. The summed E-state index contributed by atoms with van der Waals surface area (Å²) in [6.45, 7) is 0. The van der Waals surface area contributed by atoms with Gasteiger partial charge in [-0.15, -0.1) is 0 Å². The van der Waals surface area contributed by atoms with Crippen molar-refractivity contribution in [1.29, 1.82) is 0 Å². The molecular formula is C20H18N4O4. The number of benzene rings is 2. The highest BCUT2D eigenvalue weighted by Crippen LogP contribution is 2.24. The van der Waals surface area contributed by atoms with Crippen LogP contribution in [0.5, 0.6) is 5.75 Å². The number of rotatable bonds is 6. The van der Waals surface area contributed by atoms with E-state index in [9.17, 15) is 9.59 Å². The van der Waals surface area contributed by atoms with Crippen molar-refractivity contribution >= 4 is 29.2 Å². The number of anilines is 3. The van der Waals surface area contributed by atoms with Crippen LogP contribution in [0.2, 0.25) is 0 Å². The zero-order chi connectivity index (χ0) is 19.9. The molecule has 1 heterocycles. The number of aromatic nitrogens is 2. The van der Waals surface area contributed by atoms with E-state index in [1.54, 1.807) is 48.5 Å². The fraction of sp³-hybridized carbons (Fsp3) is 0.100. The van der Waals surface area contributed by atoms with Crippen LogP contribution in [0.25, 0.3) is 0 Å². The molecule has 3 rings (SSSR count). The molecule has 0 fully saturated rings. The zero-order valence-corrected chi connectivity index (χ0v) is 15.3. The maximum atomic E-state index is 12.5. The first-order valence-electron chi connectivity index (χ1n) is 8.34. The number of ether oxygens (including phenoxy) is 2. The predicted octanol–water partition coefficient (Wildman–Crippen LogP) is 3.27. The Labute approximate surface area is 161 Å². The third kappa shape index (κ3) is 4.24. The molecule has 0 atom stereocenters. The maximum absolute atomic E-state index is 12.5. The van der Waals surface area contributed by atoms with Crippen LogP contribution >= 0.6 is 0 Å². The minimum Gasteiger partial charge on any atom is -0.495 e. The van der Waals surface area contributed by atoms with Gasteiger partial charge in [-0.3, -0.25) is 4.79 Å². The summed E-state index contributed by atoms with van der Waals surface area (Å²) < 4.78 is 10.00. The molecule has 8 nitrogen and oxygen atoms in total. The third-order valence-corrected chi connectivity index (χ3v) is 3.82. The molecule has 0 aliphatic rings. The number of carbonyl (C=O) groups is 2. The van der Waals surface area contributed by atoms with Crippen LogP contribution in [0.3, 0.4) is 0 Å². The van der Waals surface area contributed by atoms with Gasteiger partial charge in [-0.05, 0) is 30.3 Å². The van der Waals surface area contributed by atoms with Gasteiger partial charge in [0.05, 0.1) is 31.2 Å². The Morgan fingerprint density at radius 1 is 0.929 bits per heavy atom. The monoisotopic (exact) mass is 378 g/mol. The molecule has 8 heteroatoms. The summed E-state index contributed by atoms with van der Waals surface area (Å²) in [6.07, 6.45) is 1.45. The summed E-state index contributed by atoms with van der Waals surface area (Å²) in [5, 5.41) is 5.69. The van der Waals surface area contributed by atoms with Crippen molar-refractivity contribution in [2.24, 2.45) is 0 Å². The van der Waals surface area contributed by atoms with Gasteiger partial charge in [0.15, 0.2) is 0 Å². The fourth-order valence-corrected chi connectivity index (χ4v) is 2.48. The van der Waals surface area contributed by atoms with E-state index < -0.39 is 11.9 Å². The highest BCUT2D eigenvalue weighted by atomic mass is 16.5. The van der Waals surface area contributed by atoms with Crippen LogP contribution < -0.4 is 15.4 Å². The van der Waals surface area contributed by atoms with E-state index in [4.69, 9.17) is 9.47 Å². The number of nitrogens with zero attached hydrogens (tertiary/aromatic N) is 2. The van der Waals surface area contributed by atoms with Gasteiger partial charge in [-0.25, -0.2) is 14.8 Å². The van der Waals surface area contributed by atoms with Gasteiger partial charge >= 0.3 is 5.97 Å². The largest absolute Gasteiger partial charge is 0.495 e. The summed E-state index contributed by atoms with van der Waals surface area (Å²) in [5.74, 6) is -0.205. The molecule has 0 bridgehead atoms. The van der Waals surface area contributed by atoms with Crippen molar-refractivity contribution < 1.29 is 19.1 Å². The summed E-state index contributed by atoms with van der Waals surface area (Å²) >= 11 is 0. The van der Waals surface area contributed by atoms with Gasteiger partial charge in [0.1, 0.15) is 11.4 Å². The van der Waals surface area contributed by atoms with E-state index in [0.29, 0.717) is 22.7 Å². The van der Waals surface area contributed by atoms with E-state index in [1.165, 1.54) is 26.5 Å². The number of para-hydroxylation sites is 3. The molecule has 0 spiro atoms. The minimum absolute atomic E-state index is 0.152. The summed E-state index contributed by atoms with van der Waals surface area (Å²) in [6, 6.07) is 15.3. The van der Waals surface area contributed by atoms with Crippen molar-refractivity contribution in [3.8, 4) is 5.75 Å². The highest BCUT2D eigenvalue weighted by Gasteiger charge is 2.14. The Bertz CT molecular complexity index is 1010. The molecule has 1 aromatic heterocycles. The van der Waals surface area contributed by atoms with Gasteiger partial charge in [0.2, 0.25) is 5.95 Å². The first-order valence-corrected chi connectivity index (χ1v) is 8.34. The molecular weight excluding hydrogens is 360 g/mol. The number of nitrogens with one attached hydrogen (secondary N) is 2. The molecule has 0 aliphatic heterocycles. The van der Waals surface area contributed by atoms with Gasteiger partial charge in [0, 0.05) is 6.20 Å². The summed E-state index contributed by atoms with van der Waals surface area (Å²) in [7, 11) is 2.83. The molecule has 0 aliphatic carbocycles. The molecule has 0 saturated carbocycles. The number of hydrogen-bond donors (Lipinski definition) is 2. The molecule has 0 unspecified atom stereocenters. The lowest BCUT2D eigenvalue weighted by Gasteiger charge is -2.11. The average molecular weight is 378 g/mol. The Morgan fingerprint density at radius 3 is 2.39 bits per heavy atom. The van der Waals surface area contributed by atoms with Gasteiger partial charge in [-0.1, -0.05) is 24.3 Å². The fourth-order valence-electron chi connectivity index (χ4n) is 2.48. The molecule has 28 heavy (non-hydrogen) atoms. The van der Waals surface area contributed by atoms with E-state index in [2.05, 4.69) is 20.6 Å². The van der Waals surface area contributed by atoms with Crippen molar-refractivity contribution in [1.82, 2.24) is 9.97 Å². The van der Waals surface area contributed by atoms with E-state index in [-0.39, 0.29) is 11.6 Å². The zero-order valence-electron chi connectivity index (χ0n) is 15.3. The van der Waals surface area contributed by atoms with Crippen molar-refractivity contribution in [2.45, 2.75) is 0 Å². The number of hydrogen-bond acceptors (Lipinski definition) is 7. The summed E-state index contributed by atoms with van der Waals surface area (Å²) in [4.78, 5) is 32.8. The minimum atomic E-state index is -0.492. The van der Waals surface area contributed by atoms with Crippen LogP contribution in [-0.4, -0.2) is 36.1 Å². The van der Waals surface area contributed by atoms with E-state index in [1.807, 2.05) is 0 Å². The average Bonchev–Trinajstić information content (AvgIpc) is 2.74. The molecule has 0 saturated heterocycles. The lowest BCUT2D eigenvalue weighted by molar-refractivity contribution is 0.0601. The number of esters is 1. The van der Waals surface area contributed by atoms with Crippen molar-refractivity contribution in [3.63, 3.8) is 0 Å². The Balaban J connectivity index is 1.81. The first-order chi connectivity index (χ1) is 13.6. The molecule has 0 radical (unpaired) electrons. The molecule has 3 aromatic rings. The topological polar surface area (TPSA) is 102 Å². The highest BCUT2D eigenvalue weighted by molar-refractivity contribution is 6.04. The van der Waals surface area contributed by atoms with Gasteiger partial charge in [0.25, 0.3) is 5.91 Å². The van der Waals surface area contributed by atoms with Gasteiger partial charge < -0.3 is 20.1 Å². The molecule has 2 aromatic carbocycles. The lowest BCUT2D eigenvalue weighted by atomic mass is 10.2. The molecule has 142 valence electrons. The Kier molecular flexibility index (Phi) is 5.81. The number of methoxy groups -OCH3 is 2. The summed E-state index contributed by atoms with van der Waals surface area (Å²) in [5.41, 5.74) is 1.48. The Hall–Kier alpha value is -3.94. The SMILES string of the molecule is COC(=O)c1ccccc1Nc1nccc(C(=O)Nc2ccccc2OC)n1. The third-order valence-electron chi connectivity index (χ3n) is 3.82. The second-order valence-electron chi connectivity index (χ2n) is 5.58. The van der Waals surface area contributed by atoms with E-state index >= 15 is 0 Å². The number of carbonyl (C=O) groups excluding carboxylic acids is 2. The van der Waals surface area contributed by atoms with Crippen LogP contribution in [0.15, 0.2) is 60.8 Å².